The number of aliphatic hydroxyl groups is 1. The van der Waals surface area contributed by atoms with Gasteiger partial charge in [0, 0.05) is 40.5 Å². The van der Waals surface area contributed by atoms with Gasteiger partial charge < -0.3 is 19.3 Å². The summed E-state index contributed by atoms with van der Waals surface area (Å²) in [7, 11) is 5.02. The highest BCUT2D eigenvalue weighted by Crippen LogP contribution is 2.18. The monoisotopic (exact) mass is 297 g/mol. The van der Waals surface area contributed by atoms with Gasteiger partial charge in [-0.05, 0) is 24.1 Å². The molecule has 0 radical (unpaired) electrons. The summed E-state index contributed by atoms with van der Waals surface area (Å²) in [6.07, 6.45) is 0.422. The van der Waals surface area contributed by atoms with E-state index in [4.69, 9.17) is 14.2 Å². The average Bonchev–Trinajstić information content (AvgIpc) is 2.52. The van der Waals surface area contributed by atoms with Crippen molar-refractivity contribution in [3.63, 3.8) is 0 Å². The van der Waals surface area contributed by atoms with Crippen LogP contribution < -0.4 is 4.74 Å². The Labute approximate surface area is 127 Å². The van der Waals surface area contributed by atoms with Crippen molar-refractivity contribution in [1.82, 2.24) is 4.90 Å². The van der Waals surface area contributed by atoms with E-state index in [0.717, 1.165) is 37.4 Å². The first-order valence-corrected chi connectivity index (χ1v) is 7.23. The number of hydrogen-bond acceptors (Lipinski definition) is 5. The minimum absolute atomic E-state index is 0.518. The van der Waals surface area contributed by atoms with Crippen LogP contribution in [0.2, 0.25) is 0 Å². The van der Waals surface area contributed by atoms with Crippen LogP contribution in [0.4, 0.5) is 0 Å². The van der Waals surface area contributed by atoms with E-state index in [1.165, 1.54) is 0 Å². The van der Waals surface area contributed by atoms with Gasteiger partial charge in [0.15, 0.2) is 0 Å². The Morgan fingerprint density at radius 2 is 1.67 bits per heavy atom. The second-order valence-corrected chi connectivity index (χ2v) is 4.93. The molecule has 1 atom stereocenters. The van der Waals surface area contributed by atoms with Crippen molar-refractivity contribution in [2.45, 2.75) is 12.5 Å². The predicted molar refractivity (Wildman–Crippen MR) is 82.8 cm³/mol. The molecule has 1 aromatic carbocycles. The second-order valence-electron chi connectivity index (χ2n) is 4.93. The van der Waals surface area contributed by atoms with Gasteiger partial charge in [-0.25, -0.2) is 0 Å². The van der Waals surface area contributed by atoms with Gasteiger partial charge in [0.25, 0.3) is 0 Å². The molecular weight excluding hydrogens is 270 g/mol. The van der Waals surface area contributed by atoms with Gasteiger partial charge in [-0.15, -0.1) is 0 Å². The van der Waals surface area contributed by atoms with E-state index in [0.29, 0.717) is 13.2 Å². The molecular formula is C16H27NO4. The Morgan fingerprint density at radius 3 is 2.24 bits per heavy atom. The van der Waals surface area contributed by atoms with Gasteiger partial charge in [-0.3, -0.25) is 4.90 Å². The lowest BCUT2D eigenvalue weighted by atomic mass is 10.1. The van der Waals surface area contributed by atoms with Crippen LogP contribution in [0.5, 0.6) is 5.75 Å². The van der Waals surface area contributed by atoms with Crippen molar-refractivity contribution in [3.8, 4) is 5.75 Å². The van der Waals surface area contributed by atoms with Crippen molar-refractivity contribution < 1.29 is 19.3 Å². The molecule has 0 spiro atoms. The summed E-state index contributed by atoms with van der Waals surface area (Å²) < 4.78 is 15.3. The second kappa shape index (κ2) is 10.6. The van der Waals surface area contributed by atoms with Crippen LogP contribution in [-0.2, 0) is 9.47 Å². The largest absolute Gasteiger partial charge is 0.497 e. The quantitative estimate of drug-likeness (QED) is 0.630. The summed E-state index contributed by atoms with van der Waals surface area (Å²) in [5.41, 5.74) is 0.893. The molecule has 1 unspecified atom stereocenters. The lowest BCUT2D eigenvalue weighted by molar-refractivity contribution is 0.0818. The molecule has 0 heterocycles. The Morgan fingerprint density at radius 1 is 1.00 bits per heavy atom. The van der Waals surface area contributed by atoms with Crippen LogP contribution in [0.25, 0.3) is 0 Å². The van der Waals surface area contributed by atoms with Gasteiger partial charge in [0.1, 0.15) is 5.75 Å². The van der Waals surface area contributed by atoms with Crippen molar-refractivity contribution in [2.75, 3.05) is 54.2 Å². The molecule has 5 heteroatoms. The topological polar surface area (TPSA) is 51.2 Å². The summed E-state index contributed by atoms with van der Waals surface area (Å²) >= 11 is 0. The number of methoxy groups -OCH3 is 3. The zero-order valence-electron chi connectivity index (χ0n) is 13.2. The molecule has 0 saturated heterocycles. The van der Waals surface area contributed by atoms with Crippen molar-refractivity contribution in [3.05, 3.63) is 29.8 Å². The standard InChI is InChI=1S/C16H27NO4/c1-19-11-4-9-17(10-12-20-2)13-16(18)14-5-7-15(21-3)8-6-14/h5-8,16,18H,4,9-13H2,1-3H3. The van der Waals surface area contributed by atoms with Crippen molar-refractivity contribution in [2.24, 2.45) is 0 Å². The molecule has 1 N–H and O–H groups in total. The smallest absolute Gasteiger partial charge is 0.118 e. The van der Waals surface area contributed by atoms with Crippen LogP contribution in [-0.4, -0.2) is 64.2 Å². The van der Waals surface area contributed by atoms with Crippen molar-refractivity contribution in [1.29, 1.82) is 0 Å². The third-order valence-corrected chi connectivity index (χ3v) is 3.37. The zero-order chi connectivity index (χ0) is 15.5. The summed E-state index contributed by atoms with van der Waals surface area (Å²) in [5, 5.41) is 10.4. The van der Waals surface area contributed by atoms with E-state index in [-0.39, 0.29) is 0 Å². The van der Waals surface area contributed by atoms with E-state index in [9.17, 15) is 5.11 Å². The molecule has 0 aliphatic carbocycles. The minimum Gasteiger partial charge on any atom is -0.497 e. The Balaban J connectivity index is 2.53. The van der Waals surface area contributed by atoms with Crippen LogP contribution in [0, 0.1) is 0 Å². The fourth-order valence-electron chi connectivity index (χ4n) is 2.12. The van der Waals surface area contributed by atoms with E-state index in [2.05, 4.69) is 4.90 Å². The maximum atomic E-state index is 10.4. The van der Waals surface area contributed by atoms with Gasteiger partial charge in [0.05, 0.1) is 19.8 Å². The molecule has 1 rings (SSSR count). The average molecular weight is 297 g/mol. The molecule has 5 nitrogen and oxygen atoms in total. The fourth-order valence-corrected chi connectivity index (χ4v) is 2.12. The lowest BCUT2D eigenvalue weighted by Crippen LogP contribution is -2.33. The van der Waals surface area contributed by atoms with Crippen LogP contribution in [0.1, 0.15) is 18.1 Å². The van der Waals surface area contributed by atoms with Gasteiger partial charge in [-0.1, -0.05) is 12.1 Å². The van der Waals surface area contributed by atoms with Crippen LogP contribution >= 0.6 is 0 Å². The van der Waals surface area contributed by atoms with E-state index >= 15 is 0 Å². The molecule has 1 aromatic rings. The fraction of sp³-hybridized carbons (Fsp3) is 0.625. The number of benzene rings is 1. The molecule has 120 valence electrons. The van der Waals surface area contributed by atoms with E-state index < -0.39 is 6.10 Å². The Kier molecular flexibility index (Phi) is 9.01. The molecule has 0 aliphatic heterocycles. The number of aliphatic hydroxyl groups excluding tert-OH is 1. The zero-order valence-corrected chi connectivity index (χ0v) is 13.2. The van der Waals surface area contributed by atoms with Crippen molar-refractivity contribution >= 4 is 0 Å². The first-order valence-electron chi connectivity index (χ1n) is 7.23. The normalized spacial score (nSPS) is 12.6. The molecule has 0 saturated carbocycles. The molecule has 0 fully saturated rings. The van der Waals surface area contributed by atoms with Crippen LogP contribution in [0.3, 0.4) is 0 Å². The number of rotatable bonds is 11. The van der Waals surface area contributed by atoms with E-state index in [1.807, 2.05) is 24.3 Å². The third-order valence-electron chi connectivity index (χ3n) is 3.37. The summed E-state index contributed by atoms with van der Waals surface area (Å²) in [6.45, 7) is 3.64. The highest BCUT2D eigenvalue weighted by Gasteiger charge is 2.13. The molecule has 0 aliphatic rings. The maximum Gasteiger partial charge on any atom is 0.118 e. The minimum atomic E-state index is -0.518. The highest BCUT2D eigenvalue weighted by molar-refractivity contribution is 5.28. The number of hydrogen-bond donors (Lipinski definition) is 1. The predicted octanol–water partition coefficient (Wildman–Crippen LogP) is 1.71. The summed E-state index contributed by atoms with van der Waals surface area (Å²) in [6, 6.07) is 7.52. The first kappa shape index (κ1) is 17.9. The molecule has 0 bridgehead atoms. The molecule has 21 heavy (non-hydrogen) atoms. The number of nitrogens with zero attached hydrogens (tertiary/aromatic N) is 1. The van der Waals surface area contributed by atoms with E-state index in [1.54, 1.807) is 21.3 Å². The SMILES string of the molecule is COCCCN(CCOC)CC(O)c1ccc(OC)cc1. The molecule has 0 amide bonds. The third kappa shape index (κ3) is 6.91. The first-order chi connectivity index (χ1) is 10.2. The Bertz CT molecular complexity index is 369. The lowest BCUT2D eigenvalue weighted by Gasteiger charge is -2.25. The van der Waals surface area contributed by atoms with Gasteiger partial charge in [0.2, 0.25) is 0 Å². The van der Waals surface area contributed by atoms with Gasteiger partial charge >= 0.3 is 0 Å². The van der Waals surface area contributed by atoms with Gasteiger partial charge in [-0.2, -0.15) is 0 Å². The maximum absolute atomic E-state index is 10.4. The highest BCUT2D eigenvalue weighted by atomic mass is 16.5. The molecule has 0 aromatic heterocycles. The summed E-state index contributed by atoms with van der Waals surface area (Å²) in [4.78, 5) is 2.19. The Hall–Kier alpha value is -1.14. The number of ether oxygens (including phenoxy) is 3. The van der Waals surface area contributed by atoms with Crippen LogP contribution in [0.15, 0.2) is 24.3 Å². The summed E-state index contributed by atoms with van der Waals surface area (Å²) in [5.74, 6) is 0.794.